The minimum atomic E-state index is -0.457. The Kier molecular flexibility index (Phi) is 7.83. The van der Waals surface area contributed by atoms with Crippen molar-refractivity contribution in [2.75, 3.05) is 13.2 Å². The van der Waals surface area contributed by atoms with Crippen molar-refractivity contribution in [3.63, 3.8) is 0 Å². The van der Waals surface area contributed by atoms with Crippen LogP contribution in [0.15, 0.2) is 22.9 Å². The second kappa shape index (κ2) is 9.88. The highest BCUT2D eigenvalue weighted by Gasteiger charge is 2.15. The summed E-state index contributed by atoms with van der Waals surface area (Å²) < 4.78 is 12.1. The molecule has 0 atom stereocenters. The van der Waals surface area contributed by atoms with E-state index < -0.39 is 5.60 Å². The smallest absolute Gasteiger partial charge is 0.407 e. The summed E-state index contributed by atoms with van der Waals surface area (Å²) in [7, 11) is 0. The van der Waals surface area contributed by atoms with E-state index in [1.54, 1.807) is 6.33 Å². The van der Waals surface area contributed by atoms with E-state index in [0.29, 0.717) is 13.2 Å². The summed E-state index contributed by atoms with van der Waals surface area (Å²) in [6.07, 6.45) is 5.14. The van der Waals surface area contributed by atoms with Gasteiger partial charge in [0.1, 0.15) is 23.2 Å². The van der Waals surface area contributed by atoms with Crippen molar-refractivity contribution in [1.82, 2.24) is 15.3 Å². The van der Waals surface area contributed by atoms with Crippen LogP contribution in [-0.4, -0.2) is 34.8 Å². The quantitative estimate of drug-likeness (QED) is 0.576. The molecule has 0 aliphatic heterocycles. The predicted octanol–water partition coefficient (Wildman–Crippen LogP) is 5.16. The monoisotopic (exact) mass is 437 g/mol. The first-order valence-electron chi connectivity index (χ1n) is 9.27. The number of carbonyl (C=O) groups excluding carboxylic acids is 1. The third-order valence-electron chi connectivity index (χ3n) is 3.86. The number of amides is 1. The summed E-state index contributed by atoms with van der Waals surface area (Å²) in [5.74, 6) is 0.775. The molecule has 2 aromatic rings. The van der Waals surface area contributed by atoms with Gasteiger partial charge in [-0.15, -0.1) is 0 Å². The Morgan fingerprint density at radius 2 is 1.89 bits per heavy atom. The number of hydrogen-bond acceptors (Lipinski definition) is 5. The van der Waals surface area contributed by atoms with Gasteiger partial charge in [0.15, 0.2) is 0 Å². The second-order valence-corrected chi connectivity index (χ2v) is 8.37. The number of hydrogen-bond donors (Lipinski definition) is 1. The molecule has 0 aliphatic rings. The molecule has 0 saturated carbocycles. The van der Waals surface area contributed by atoms with E-state index in [0.717, 1.165) is 52.5 Å². The van der Waals surface area contributed by atoms with Crippen LogP contribution in [-0.2, 0) is 4.74 Å². The zero-order chi connectivity index (χ0) is 19.9. The van der Waals surface area contributed by atoms with Gasteiger partial charge in [-0.3, -0.25) is 0 Å². The normalized spacial score (nSPS) is 11.4. The molecule has 0 fully saturated rings. The summed E-state index contributed by atoms with van der Waals surface area (Å²) in [5, 5.41) is 3.77. The van der Waals surface area contributed by atoms with Crippen molar-refractivity contribution in [3.05, 3.63) is 28.6 Å². The van der Waals surface area contributed by atoms with Crippen LogP contribution in [0.5, 0.6) is 5.75 Å². The molecular weight excluding hydrogens is 410 g/mol. The molecule has 1 heterocycles. The lowest BCUT2D eigenvalue weighted by molar-refractivity contribution is 0.0527. The van der Waals surface area contributed by atoms with E-state index in [1.807, 2.05) is 39.8 Å². The first kappa shape index (κ1) is 21.4. The number of nitrogens with one attached hydrogen (secondary N) is 1. The third-order valence-corrected chi connectivity index (χ3v) is 4.32. The van der Waals surface area contributed by atoms with Crippen LogP contribution in [0.25, 0.3) is 10.9 Å². The Morgan fingerprint density at radius 3 is 2.63 bits per heavy atom. The first-order valence-corrected chi connectivity index (χ1v) is 10.1. The maximum absolute atomic E-state index is 11.5. The van der Waals surface area contributed by atoms with E-state index in [2.05, 4.69) is 31.2 Å². The number of halogens is 1. The van der Waals surface area contributed by atoms with Crippen LogP contribution in [0.1, 0.15) is 52.1 Å². The topological polar surface area (TPSA) is 73.3 Å². The van der Waals surface area contributed by atoms with E-state index in [4.69, 9.17) is 9.47 Å². The molecule has 0 spiro atoms. The molecule has 0 bridgehead atoms. The number of rotatable bonds is 8. The molecule has 0 unspecified atom stereocenters. The average Bonchev–Trinajstić information content (AvgIpc) is 2.56. The minimum absolute atomic E-state index is 0.357. The molecule has 0 saturated heterocycles. The zero-order valence-electron chi connectivity index (χ0n) is 16.5. The van der Waals surface area contributed by atoms with Crippen LogP contribution >= 0.6 is 15.9 Å². The lowest BCUT2D eigenvalue weighted by atomic mass is 10.2. The molecular formula is C20H28BrN3O3. The van der Waals surface area contributed by atoms with E-state index in [-0.39, 0.29) is 6.09 Å². The number of benzene rings is 1. The maximum atomic E-state index is 11.5. The lowest BCUT2D eigenvalue weighted by Gasteiger charge is -2.19. The van der Waals surface area contributed by atoms with Crippen molar-refractivity contribution in [3.8, 4) is 5.75 Å². The highest BCUT2D eigenvalue weighted by atomic mass is 79.9. The molecule has 1 aromatic heterocycles. The predicted molar refractivity (Wildman–Crippen MR) is 110 cm³/mol. The summed E-state index contributed by atoms with van der Waals surface area (Å²) in [6, 6.07) is 3.95. The van der Waals surface area contributed by atoms with Gasteiger partial charge in [0, 0.05) is 22.1 Å². The molecule has 27 heavy (non-hydrogen) atoms. The molecule has 2 rings (SSSR count). The number of carbonyl (C=O) groups is 1. The minimum Gasteiger partial charge on any atom is -0.491 e. The molecule has 0 radical (unpaired) electrons. The Morgan fingerprint density at radius 1 is 1.15 bits per heavy atom. The zero-order valence-corrected chi connectivity index (χ0v) is 18.1. The summed E-state index contributed by atoms with van der Waals surface area (Å²) >= 11 is 3.52. The largest absolute Gasteiger partial charge is 0.491 e. The number of ether oxygens (including phenoxy) is 2. The summed E-state index contributed by atoms with van der Waals surface area (Å²) in [6.45, 7) is 8.79. The average molecular weight is 438 g/mol. The summed E-state index contributed by atoms with van der Waals surface area (Å²) in [5.41, 5.74) is 1.32. The van der Waals surface area contributed by atoms with Crippen LogP contribution in [0.3, 0.4) is 0 Å². The summed E-state index contributed by atoms with van der Waals surface area (Å²) in [4.78, 5) is 20.1. The molecule has 7 heteroatoms. The van der Waals surface area contributed by atoms with Gasteiger partial charge in [-0.05, 0) is 52.7 Å². The van der Waals surface area contributed by atoms with Gasteiger partial charge in [-0.1, -0.05) is 28.8 Å². The second-order valence-electron chi connectivity index (χ2n) is 7.45. The fourth-order valence-corrected chi connectivity index (χ4v) is 3.04. The fourth-order valence-electron chi connectivity index (χ4n) is 2.60. The SMILES string of the molecule is Cc1ncnc2c(OCCCCCCNC(=O)OC(C)(C)C)cc(Br)cc12. The molecule has 1 N–H and O–H groups in total. The number of nitrogens with zero attached hydrogens (tertiary/aromatic N) is 2. The molecule has 6 nitrogen and oxygen atoms in total. The van der Waals surface area contributed by atoms with Gasteiger partial charge in [0.25, 0.3) is 0 Å². The molecule has 0 aliphatic carbocycles. The molecule has 1 amide bonds. The van der Waals surface area contributed by atoms with Crippen LogP contribution in [0.4, 0.5) is 4.79 Å². The Hall–Kier alpha value is -1.89. The van der Waals surface area contributed by atoms with Crippen molar-refractivity contribution >= 4 is 32.9 Å². The van der Waals surface area contributed by atoms with Crippen LogP contribution in [0, 0.1) is 6.92 Å². The van der Waals surface area contributed by atoms with Crippen molar-refractivity contribution in [2.24, 2.45) is 0 Å². The number of aryl methyl sites for hydroxylation is 1. The molecule has 1 aromatic carbocycles. The van der Waals surface area contributed by atoms with E-state index in [9.17, 15) is 4.79 Å². The van der Waals surface area contributed by atoms with Crippen molar-refractivity contribution in [2.45, 2.75) is 59.0 Å². The van der Waals surface area contributed by atoms with Gasteiger partial charge in [0.05, 0.1) is 6.61 Å². The van der Waals surface area contributed by atoms with Gasteiger partial charge in [0.2, 0.25) is 0 Å². The van der Waals surface area contributed by atoms with Crippen molar-refractivity contribution in [1.29, 1.82) is 0 Å². The number of aromatic nitrogens is 2. The van der Waals surface area contributed by atoms with Gasteiger partial charge >= 0.3 is 6.09 Å². The highest BCUT2D eigenvalue weighted by Crippen LogP contribution is 2.29. The van der Waals surface area contributed by atoms with Crippen LogP contribution < -0.4 is 10.1 Å². The van der Waals surface area contributed by atoms with Gasteiger partial charge < -0.3 is 14.8 Å². The number of unbranched alkanes of at least 4 members (excludes halogenated alkanes) is 3. The Labute approximate surface area is 169 Å². The molecule has 148 valence electrons. The Bertz CT molecular complexity index is 775. The van der Waals surface area contributed by atoms with E-state index >= 15 is 0 Å². The number of alkyl carbamates (subject to hydrolysis) is 1. The van der Waals surface area contributed by atoms with Gasteiger partial charge in [-0.25, -0.2) is 14.8 Å². The number of fused-ring (bicyclic) bond motifs is 1. The van der Waals surface area contributed by atoms with Gasteiger partial charge in [-0.2, -0.15) is 0 Å². The standard InChI is InChI=1S/C20H28BrN3O3/c1-14-16-11-15(21)12-17(18(16)24-13-23-14)26-10-8-6-5-7-9-22-19(25)27-20(2,3)4/h11-13H,5-10H2,1-4H3,(H,22,25). The van der Waals surface area contributed by atoms with Crippen molar-refractivity contribution < 1.29 is 14.3 Å². The van der Waals surface area contributed by atoms with E-state index in [1.165, 1.54) is 0 Å². The fraction of sp³-hybridized carbons (Fsp3) is 0.550. The first-order chi connectivity index (χ1) is 12.8. The lowest BCUT2D eigenvalue weighted by Crippen LogP contribution is -2.32. The maximum Gasteiger partial charge on any atom is 0.407 e. The highest BCUT2D eigenvalue weighted by molar-refractivity contribution is 9.10. The Balaban J connectivity index is 1.67. The van der Waals surface area contributed by atoms with Crippen LogP contribution in [0.2, 0.25) is 0 Å². The third kappa shape index (κ3) is 7.33.